The first kappa shape index (κ1) is 16.9. The predicted octanol–water partition coefficient (Wildman–Crippen LogP) is 2.31. The van der Waals surface area contributed by atoms with Crippen molar-refractivity contribution in [1.82, 2.24) is 10.9 Å². The predicted molar refractivity (Wildman–Crippen MR) is 93.2 cm³/mol. The normalized spacial score (nSPS) is 15.0. The van der Waals surface area contributed by atoms with Gasteiger partial charge in [0.15, 0.2) is 17.3 Å². The number of amides is 1. The SMILES string of the molecule is COc1cc2c(cc1OC)C(NNC(=O)c1ccco1)=NC(C)(C)C2. The average Bonchev–Trinajstić information content (AvgIpc) is 3.12. The maximum atomic E-state index is 12.1. The van der Waals surface area contributed by atoms with Gasteiger partial charge in [-0.15, -0.1) is 0 Å². The zero-order valence-corrected chi connectivity index (χ0v) is 14.7. The molecule has 2 aromatic rings. The van der Waals surface area contributed by atoms with Crippen molar-refractivity contribution in [3.05, 3.63) is 47.4 Å². The summed E-state index contributed by atoms with van der Waals surface area (Å²) in [5.41, 5.74) is 7.12. The first-order valence-corrected chi connectivity index (χ1v) is 7.88. The Morgan fingerprint density at radius 1 is 1.24 bits per heavy atom. The number of carbonyl (C=O) groups excluding carboxylic acids is 1. The molecule has 0 bridgehead atoms. The highest BCUT2D eigenvalue weighted by molar-refractivity contribution is 6.03. The molecule has 0 radical (unpaired) electrons. The topological polar surface area (TPSA) is 85.1 Å². The van der Waals surface area contributed by atoms with Crippen LogP contribution in [0.4, 0.5) is 0 Å². The van der Waals surface area contributed by atoms with Crippen molar-refractivity contribution in [2.75, 3.05) is 14.2 Å². The molecule has 0 atom stereocenters. The molecule has 0 fully saturated rings. The minimum Gasteiger partial charge on any atom is -0.493 e. The summed E-state index contributed by atoms with van der Waals surface area (Å²) in [7, 11) is 3.19. The lowest BCUT2D eigenvalue weighted by Gasteiger charge is -2.30. The maximum absolute atomic E-state index is 12.1. The number of ether oxygens (including phenoxy) is 2. The Bertz CT molecular complexity index is 810. The monoisotopic (exact) mass is 343 g/mol. The van der Waals surface area contributed by atoms with Crippen LogP contribution in [0.3, 0.4) is 0 Å². The number of aliphatic imine (C=N–C) groups is 1. The van der Waals surface area contributed by atoms with E-state index in [2.05, 4.69) is 10.9 Å². The molecule has 1 aromatic heterocycles. The van der Waals surface area contributed by atoms with E-state index in [-0.39, 0.29) is 17.2 Å². The van der Waals surface area contributed by atoms with E-state index in [9.17, 15) is 4.79 Å². The number of hydrogen-bond acceptors (Lipinski definition) is 6. The van der Waals surface area contributed by atoms with E-state index in [1.54, 1.807) is 26.4 Å². The second-order valence-corrected chi connectivity index (χ2v) is 6.37. The number of hydrazine groups is 1. The highest BCUT2D eigenvalue weighted by atomic mass is 16.5. The molecule has 7 nitrogen and oxygen atoms in total. The van der Waals surface area contributed by atoms with Crippen LogP contribution >= 0.6 is 0 Å². The zero-order chi connectivity index (χ0) is 18.0. The van der Waals surface area contributed by atoms with Crippen LogP contribution in [-0.2, 0) is 6.42 Å². The number of rotatable bonds is 3. The van der Waals surface area contributed by atoms with Crippen molar-refractivity contribution in [1.29, 1.82) is 0 Å². The van der Waals surface area contributed by atoms with Crippen LogP contribution in [0.5, 0.6) is 11.5 Å². The number of benzene rings is 1. The molecule has 1 aliphatic rings. The summed E-state index contributed by atoms with van der Waals surface area (Å²) in [6.45, 7) is 4.06. The van der Waals surface area contributed by atoms with E-state index < -0.39 is 0 Å². The van der Waals surface area contributed by atoms with Gasteiger partial charge in [-0.1, -0.05) is 0 Å². The maximum Gasteiger partial charge on any atom is 0.305 e. The van der Waals surface area contributed by atoms with E-state index >= 15 is 0 Å². The molecular formula is C18H21N3O4. The summed E-state index contributed by atoms with van der Waals surface area (Å²) in [5, 5.41) is 0. The molecule has 0 saturated carbocycles. The van der Waals surface area contributed by atoms with Gasteiger partial charge in [-0.2, -0.15) is 0 Å². The highest BCUT2D eigenvalue weighted by Gasteiger charge is 2.29. The first-order valence-electron chi connectivity index (χ1n) is 7.88. The molecule has 132 valence electrons. The Hall–Kier alpha value is -2.96. The average molecular weight is 343 g/mol. The van der Waals surface area contributed by atoms with Gasteiger partial charge in [0.2, 0.25) is 0 Å². The third-order valence-electron chi connectivity index (χ3n) is 3.94. The lowest BCUT2D eigenvalue weighted by molar-refractivity contribution is 0.0915. The number of furan rings is 1. The van der Waals surface area contributed by atoms with Crippen molar-refractivity contribution in [3.63, 3.8) is 0 Å². The molecule has 1 amide bonds. The molecule has 0 unspecified atom stereocenters. The minimum absolute atomic E-state index is 0.218. The molecule has 0 spiro atoms. The molecule has 2 N–H and O–H groups in total. The van der Waals surface area contributed by atoms with Crippen LogP contribution in [0, 0.1) is 0 Å². The van der Waals surface area contributed by atoms with Crippen molar-refractivity contribution in [2.24, 2.45) is 4.99 Å². The third kappa shape index (κ3) is 3.45. The van der Waals surface area contributed by atoms with Gasteiger partial charge >= 0.3 is 5.91 Å². The lowest BCUT2D eigenvalue weighted by atomic mass is 9.88. The number of nitrogens with zero attached hydrogens (tertiary/aromatic N) is 1. The fraction of sp³-hybridized carbons (Fsp3) is 0.333. The van der Waals surface area contributed by atoms with Crippen LogP contribution in [0.15, 0.2) is 39.9 Å². The van der Waals surface area contributed by atoms with Crippen LogP contribution in [0.2, 0.25) is 0 Å². The molecular weight excluding hydrogens is 322 g/mol. The van der Waals surface area contributed by atoms with Gasteiger partial charge in [0.1, 0.15) is 5.84 Å². The molecule has 1 aromatic carbocycles. The van der Waals surface area contributed by atoms with Crippen LogP contribution in [0.25, 0.3) is 0 Å². The van der Waals surface area contributed by atoms with E-state index in [0.717, 1.165) is 17.5 Å². The summed E-state index contributed by atoms with van der Waals surface area (Å²) < 4.78 is 15.8. The van der Waals surface area contributed by atoms with Crippen LogP contribution in [-0.4, -0.2) is 31.5 Å². The lowest BCUT2D eigenvalue weighted by Crippen LogP contribution is -2.45. The Morgan fingerprint density at radius 2 is 1.96 bits per heavy atom. The first-order chi connectivity index (χ1) is 11.9. The number of amidine groups is 1. The minimum atomic E-state index is -0.377. The quantitative estimate of drug-likeness (QED) is 0.836. The zero-order valence-electron chi connectivity index (χ0n) is 14.7. The largest absolute Gasteiger partial charge is 0.493 e. The van der Waals surface area contributed by atoms with Gasteiger partial charge in [-0.05, 0) is 50.1 Å². The van der Waals surface area contributed by atoms with E-state index in [0.29, 0.717) is 17.3 Å². The van der Waals surface area contributed by atoms with Gasteiger partial charge in [-0.3, -0.25) is 20.6 Å². The second kappa shape index (κ2) is 6.51. The summed E-state index contributed by atoms with van der Waals surface area (Å²) in [6.07, 6.45) is 2.20. The standard InChI is InChI=1S/C18H21N3O4/c1-18(2)10-11-8-14(23-3)15(24-4)9-12(11)16(19-18)20-21-17(22)13-6-5-7-25-13/h5-9H,10H2,1-4H3,(H,19,20)(H,21,22). The van der Waals surface area contributed by atoms with Crippen molar-refractivity contribution in [2.45, 2.75) is 25.8 Å². The molecule has 0 aliphatic carbocycles. The van der Waals surface area contributed by atoms with E-state index in [1.165, 1.54) is 6.26 Å². The number of carbonyl (C=O) groups is 1. The van der Waals surface area contributed by atoms with E-state index in [1.807, 2.05) is 26.0 Å². The van der Waals surface area contributed by atoms with Crippen LogP contribution < -0.4 is 20.3 Å². The second-order valence-electron chi connectivity index (χ2n) is 6.37. The number of nitrogens with one attached hydrogen (secondary N) is 2. The fourth-order valence-corrected chi connectivity index (χ4v) is 2.84. The fourth-order valence-electron chi connectivity index (χ4n) is 2.84. The van der Waals surface area contributed by atoms with E-state index in [4.69, 9.17) is 18.9 Å². The summed E-state index contributed by atoms with van der Waals surface area (Å²) in [6, 6.07) is 7.04. The van der Waals surface area contributed by atoms with Crippen molar-refractivity contribution < 1.29 is 18.7 Å². The Labute approximate surface area is 146 Å². The van der Waals surface area contributed by atoms with Gasteiger partial charge in [0, 0.05) is 5.56 Å². The van der Waals surface area contributed by atoms with Crippen LogP contribution in [0.1, 0.15) is 35.5 Å². The van der Waals surface area contributed by atoms with Gasteiger partial charge in [0.05, 0.1) is 26.0 Å². The smallest absolute Gasteiger partial charge is 0.305 e. The molecule has 2 heterocycles. The highest BCUT2D eigenvalue weighted by Crippen LogP contribution is 2.35. The number of hydrogen-bond donors (Lipinski definition) is 2. The van der Waals surface area contributed by atoms with Crippen molar-refractivity contribution in [3.8, 4) is 11.5 Å². The Kier molecular flexibility index (Phi) is 4.39. The number of methoxy groups -OCH3 is 2. The summed E-state index contributed by atoms with van der Waals surface area (Å²) in [4.78, 5) is 16.8. The Balaban J connectivity index is 1.90. The number of fused-ring (bicyclic) bond motifs is 1. The van der Waals surface area contributed by atoms with Gasteiger partial charge in [0.25, 0.3) is 0 Å². The molecule has 0 saturated heterocycles. The third-order valence-corrected chi connectivity index (χ3v) is 3.94. The molecule has 7 heteroatoms. The molecule has 1 aliphatic heterocycles. The van der Waals surface area contributed by atoms with Crippen molar-refractivity contribution >= 4 is 11.7 Å². The van der Waals surface area contributed by atoms with Gasteiger partial charge < -0.3 is 13.9 Å². The Morgan fingerprint density at radius 3 is 2.60 bits per heavy atom. The molecule has 3 rings (SSSR count). The molecule has 25 heavy (non-hydrogen) atoms. The summed E-state index contributed by atoms with van der Waals surface area (Å²) >= 11 is 0. The van der Waals surface area contributed by atoms with Gasteiger partial charge in [-0.25, -0.2) is 0 Å². The summed E-state index contributed by atoms with van der Waals surface area (Å²) in [5.74, 6) is 1.67.